The first-order valence-corrected chi connectivity index (χ1v) is 7.22. The molecule has 0 atom stereocenters. The van der Waals surface area contributed by atoms with Crippen molar-refractivity contribution in [2.24, 2.45) is 5.73 Å². The number of nitrogens with two attached hydrogens (primary N) is 1. The summed E-state index contributed by atoms with van der Waals surface area (Å²) >= 11 is 3.47. The molecule has 0 saturated heterocycles. The van der Waals surface area contributed by atoms with Crippen molar-refractivity contribution in [3.63, 3.8) is 0 Å². The number of nitrogens with one attached hydrogen (secondary N) is 1. The van der Waals surface area contributed by atoms with Crippen molar-refractivity contribution in [3.8, 4) is 0 Å². The van der Waals surface area contributed by atoms with Gasteiger partial charge in [0.05, 0.1) is 5.54 Å². The summed E-state index contributed by atoms with van der Waals surface area (Å²) in [6, 6.07) is 7.89. The van der Waals surface area contributed by atoms with E-state index in [4.69, 9.17) is 5.73 Å². The molecule has 106 valence electrons. The van der Waals surface area contributed by atoms with Crippen LogP contribution < -0.4 is 11.1 Å². The highest BCUT2D eigenvalue weighted by Gasteiger charge is 2.34. The van der Waals surface area contributed by atoms with Crippen LogP contribution in [0.3, 0.4) is 0 Å². The second kappa shape index (κ2) is 7.27. The van der Waals surface area contributed by atoms with Crippen LogP contribution in [-0.4, -0.2) is 11.4 Å². The Morgan fingerprint density at radius 1 is 1.26 bits per heavy atom. The van der Waals surface area contributed by atoms with Gasteiger partial charge >= 0.3 is 0 Å². The van der Waals surface area contributed by atoms with Gasteiger partial charge in [-0.15, -0.1) is 12.4 Å². The van der Waals surface area contributed by atoms with Gasteiger partial charge in [-0.05, 0) is 24.5 Å². The van der Waals surface area contributed by atoms with E-state index in [0.29, 0.717) is 6.54 Å². The lowest BCUT2D eigenvalue weighted by atomic mass is 9.82. The molecule has 0 aliphatic heterocycles. The van der Waals surface area contributed by atoms with Gasteiger partial charge in [0.1, 0.15) is 0 Å². The van der Waals surface area contributed by atoms with Crippen molar-refractivity contribution in [1.29, 1.82) is 0 Å². The molecule has 1 amide bonds. The molecule has 1 fully saturated rings. The van der Waals surface area contributed by atoms with E-state index in [0.717, 1.165) is 35.7 Å². The Kier molecular flexibility index (Phi) is 6.30. The molecule has 1 aromatic carbocycles. The van der Waals surface area contributed by atoms with E-state index in [9.17, 15) is 4.79 Å². The van der Waals surface area contributed by atoms with Gasteiger partial charge in [-0.2, -0.15) is 0 Å². The number of carbonyl (C=O) groups excluding carboxylic acids is 1. The van der Waals surface area contributed by atoms with Crippen LogP contribution in [0.15, 0.2) is 28.7 Å². The molecule has 0 spiro atoms. The fourth-order valence-corrected chi connectivity index (χ4v) is 2.83. The molecular formula is C14H20BrClN2O. The van der Waals surface area contributed by atoms with E-state index in [1.165, 1.54) is 6.42 Å². The zero-order valence-corrected chi connectivity index (χ0v) is 13.2. The Morgan fingerprint density at radius 2 is 1.89 bits per heavy atom. The minimum absolute atomic E-state index is 0. The molecule has 3 N–H and O–H groups in total. The van der Waals surface area contributed by atoms with Crippen LogP contribution in [0, 0.1) is 0 Å². The van der Waals surface area contributed by atoms with E-state index in [2.05, 4.69) is 21.2 Å². The van der Waals surface area contributed by atoms with E-state index in [1.807, 2.05) is 24.3 Å². The van der Waals surface area contributed by atoms with Gasteiger partial charge < -0.3 is 11.1 Å². The quantitative estimate of drug-likeness (QED) is 0.882. The van der Waals surface area contributed by atoms with E-state index >= 15 is 0 Å². The Morgan fingerprint density at radius 3 is 2.53 bits per heavy atom. The second-order valence-electron chi connectivity index (χ2n) is 4.99. The normalized spacial score (nSPS) is 17.4. The van der Waals surface area contributed by atoms with Gasteiger partial charge in [0.25, 0.3) is 0 Å². The Bertz CT molecular complexity index is 433. The highest BCUT2D eigenvalue weighted by Crippen LogP contribution is 2.26. The molecule has 5 heteroatoms. The van der Waals surface area contributed by atoms with Gasteiger partial charge in [-0.25, -0.2) is 0 Å². The average molecular weight is 348 g/mol. The van der Waals surface area contributed by atoms with Gasteiger partial charge in [-0.1, -0.05) is 53.4 Å². The summed E-state index contributed by atoms with van der Waals surface area (Å²) in [6.07, 6.45) is 4.90. The number of hydrogen-bond donors (Lipinski definition) is 2. The SMILES string of the molecule is Cl.NC1(C(=O)NCc2ccccc2Br)CCCCC1. The Labute approximate surface area is 128 Å². The van der Waals surface area contributed by atoms with Crippen LogP contribution >= 0.6 is 28.3 Å². The van der Waals surface area contributed by atoms with Gasteiger partial charge in [0.15, 0.2) is 0 Å². The minimum atomic E-state index is -0.653. The van der Waals surface area contributed by atoms with Crippen LogP contribution in [-0.2, 0) is 11.3 Å². The number of halogens is 2. The monoisotopic (exact) mass is 346 g/mol. The van der Waals surface area contributed by atoms with Gasteiger partial charge in [-0.3, -0.25) is 4.79 Å². The number of amides is 1. The standard InChI is InChI=1S/C14H19BrN2O.ClH/c15-12-7-3-2-6-11(12)10-17-13(18)14(16)8-4-1-5-9-14;/h2-3,6-7H,1,4-5,8-10,16H2,(H,17,18);1H. The Hall–Kier alpha value is -0.580. The molecule has 0 aromatic heterocycles. The molecule has 2 rings (SSSR count). The molecule has 0 heterocycles. The summed E-state index contributed by atoms with van der Waals surface area (Å²) < 4.78 is 1.01. The molecule has 1 saturated carbocycles. The highest BCUT2D eigenvalue weighted by molar-refractivity contribution is 9.10. The minimum Gasteiger partial charge on any atom is -0.350 e. The predicted molar refractivity (Wildman–Crippen MR) is 83.2 cm³/mol. The molecule has 0 radical (unpaired) electrons. The van der Waals surface area contributed by atoms with Crippen molar-refractivity contribution in [2.75, 3.05) is 0 Å². The third kappa shape index (κ3) is 4.20. The number of rotatable bonds is 3. The van der Waals surface area contributed by atoms with E-state index in [-0.39, 0.29) is 18.3 Å². The molecule has 3 nitrogen and oxygen atoms in total. The summed E-state index contributed by atoms with van der Waals surface area (Å²) in [7, 11) is 0. The lowest BCUT2D eigenvalue weighted by Crippen LogP contribution is -2.54. The molecular weight excluding hydrogens is 328 g/mol. The van der Waals surface area contributed by atoms with Crippen LogP contribution in [0.4, 0.5) is 0 Å². The first-order chi connectivity index (χ1) is 8.62. The highest BCUT2D eigenvalue weighted by atomic mass is 79.9. The van der Waals surface area contributed by atoms with Crippen molar-refractivity contribution in [1.82, 2.24) is 5.32 Å². The van der Waals surface area contributed by atoms with Crippen molar-refractivity contribution in [2.45, 2.75) is 44.2 Å². The molecule has 0 bridgehead atoms. The van der Waals surface area contributed by atoms with Crippen molar-refractivity contribution < 1.29 is 4.79 Å². The molecule has 1 aromatic rings. The van der Waals surface area contributed by atoms with Crippen molar-refractivity contribution >= 4 is 34.2 Å². The fraction of sp³-hybridized carbons (Fsp3) is 0.500. The maximum Gasteiger partial charge on any atom is 0.240 e. The van der Waals surface area contributed by atoms with Crippen LogP contribution in [0.1, 0.15) is 37.7 Å². The number of carbonyl (C=O) groups is 1. The smallest absolute Gasteiger partial charge is 0.240 e. The number of benzene rings is 1. The fourth-order valence-electron chi connectivity index (χ4n) is 2.40. The summed E-state index contributed by atoms with van der Waals surface area (Å²) in [4.78, 5) is 12.2. The topological polar surface area (TPSA) is 55.1 Å². The molecule has 1 aliphatic rings. The van der Waals surface area contributed by atoms with Crippen molar-refractivity contribution in [3.05, 3.63) is 34.3 Å². The van der Waals surface area contributed by atoms with Crippen LogP contribution in [0.25, 0.3) is 0 Å². The average Bonchev–Trinajstić information content (AvgIpc) is 2.38. The third-order valence-electron chi connectivity index (χ3n) is 3.60. The summed E-state index contributed by atoms with van der Waals surface area (Å²) in [5, 5.41) is 2.96. The van der Waals surface area contributed by atoms with E-state index < -0.39 is 5.54 Å². The van der Waals surface area contributed by atoms with E-state index in [1.54, 1.807) is 0 Å². The zero-order chi connectivity index (χ0) is 13.0. The maximum atomic E-state index is 12.2. The maximum absolute atomic E-state index is 12.2. The lowest BCUT2D eigenvalue weighted by Gasteiger charge is -2.31. The lowest BCUT2D eigenvalue weighted by molar-refractivity contribution is -0.127. The summed E-state index contributed by atoms with van der Waals surface area (Å²) in [6.45, 7) is 0.527. The third-order valence-corrected chi connectivity index (χ3v) is 4.37. The van der Waals surface area contributed by atoms with Gasteiger partial charge in [0, 0.05) is 11.0 Å². The molecule has 0 unspecified atom stereocenters. The molecule has 1 aliphatic carbocycles. The van der Waals surface area contributed by atoms with Gasteiger partial charge in [0.2, 0.25) is 5.91 Å². The first-order valence-electron chi connectivity index (χ1n) is 6.42. The largest absolute Gasteiger partial charge is 0.350 e. The summed E-state index contributed by atoms with van der Waals surface area (Å²) in [5.41, 5.74) is 6.60. The first kappa shape index (κ1) is 16.5. The second-order valence-corrected chi connectivity index (χ2v) is 5.85. The Balaban J connectivity index is 0.00000180. The predicted octanol–water partition coefficient (Wildman–Crippen LogP) is 3.15. The number of hydrogen-bond acceptors (Lipinski definition) is 2. The zero-order valence-electron chi connectivity index (χ0n) is 10.8. The van der Waals surface area contributed by atoms with Crippen LogP contribution in [0.2, 0.25) is 0 Å². The summed E-state index contributed by atoms with van der Waals surface area (Å²) in [5.74, 6) is -0.0158. The molecule has 19 heavy (non-hydrogen) atoms. The van der Waals surface area contributed by atoms with Crippen LogP contribution in [0.5, 0.6) is 0 Å².